The Morgan fingerprint density at radius 1 is 1.26 bits per heavy atom. The van der Waals surface area contributed by atoms with E-state index in [-0.39, 0.29) is 49.5 Å². The van der Waals surface area contributed by atoms with Crippen LogP contribution in [-0.2, 0) is 9.53 Å². The molecule has 0 unspecified atom stereocenters. The van der Waals surface area contributed by atoms with Crippen LogP contribution in [0.3, 0.4) is 0 Å². The Balaban J connectivity index is 2.13. The van der Waals surface area contributed by atoms with Gasteiger partial charge in [0, 0.05) is 25.2 Å². The van der Waals surface area contributed by atoms with Gasteiger partial charge in [-0.2, -0.15) is 13.2 Å². The molecule has 1 aliphatic heterocycles. The number of carbonyl (C=O) groups is 1. The van der Waals surface area contributed by atoms with E-state index in [1.165, 1.54) is 6.07 Å². The normalized spacial score (nSPS) is 19.0. The molecular weight excluding hydrogens is 364 g/mol. The van der Waals surface area contributed by atoms with Crippen molar-refractivity contribution in [3.63, 3.8) is 0 Å². The van der Waals surface area contributed by atoms with Gasteiger partial charge in [0.2, 0.25) is 5.91 Å². The molecule has 1 amide bonds. The Kier molecular flexibility index (Phi) is 6.39. The number of hydrogen-bond acceptors (Lipinski definition) is 3. The molecule has 1 fully saturated rings. The maximum Gasteiger partial charge on any atom is 0.414 e. The molecule has 0 aromatic heterocycles. The Labute approximate surface area is 156 Å². The zero-order valence-corrected chi connectivity index (χ0v) is 16.0. The van der Waals surface area contributed by atoms with E-state index in [0.717, 1.165) is 0 Å². The molecule has 0 bridgehead atoms. The van der Waals surface area contributed by atoms with Crippen LogP contribution in [0.2, 0.25) is 0 Å². The summed E-state index contributed by atoms with van der Waals surface area (Å²) < 4.78 is 57.9. The van der Waals surface area contributed by atoms with Crippen LogP contribution in [0, 0.1) is 18.2 Å². The van der Waals surface area contributed by atoms with Crippen molar-refractivity contribution in [1.29, 1.82) is 0 Å². The van der Waals surface area contributed by atoms with Crippen molar-refractivity contribution in [2.75, 3.05) is 29.9 Å². The Morgan fingerprint density at radius 2 is 1.93 bits per heavy atom. The third-order valence-electron chi connectivity index (χ3n) is 4.30. The minimum Gasteiger partial charge on any atom is -0.369 e. The molecule has 0 aliphatic carbocycles. The van der Waals surface area contributed by atoms with Crippen molar-refractivity contribution in [3.8, 4) is 0 Å². The van der Waals surface area contributed by atoms with Crippen LogP contribution in [0.4, 0.5) is 28.9 Å². The van der Waals surface area contributed by atoms with E-state index >= 15 is 0 Å². The molecule has 1 saturated heterocycles. The van der Waals surface area contributed by atoms with Gasteiger partial charge in [-0.1, -0.05) is 20.8 Å². The standard InChI is InChI=1S/C19H26F4N2O2/c1-12-9-13(25-6-5-15(19(21,22)23)27-8-7-25)10-14(20)17(12)24-16(26)11-18(2,3)4/h9-10,15H,5-8,11H2,1-4H3,(H,24,26)/t15-/m1/s1. The monoisotopic (exact) mass is 390 g/mol. The fourth-order valence-electron chi connectivity index (χ4n) is 3.02. The number of anilines is 2. The first-order valence-corrected chi connectivity index (χ1v) is 8.90. The molecule has 1 aliphatic rings. The lowest BCUT2D eigenvalue weighted by molar-refractivity contribution is -0.218. The van der Waals surface area contributed by atoms with Gasteiger partial charge in [-0.05, 0) is 36.5 Å². The average Bonchev–Trinajstić information content (AvgIpc) is 2.74. The lowest BCUT2D eigenvalue weighted by atomic mass is 9.92. The first kappa shape index (κ1) is 21.5. The van der Waals surface area contributed by atoms with Crippen LogP contribution in [-0.4, -0.2) is 37.9 Å². The number of benzene rings is 1. The molecule has 1 atom stereocenters. The predicted molar refractivity (Wildman–Crippen MR) is 96.5 cm³/mol. The molecule has 8 heteroatoms. The van der Waals surface area contributed by atoms with E-state index in [0.29, 0.717) is 11.3 Å². The Hall–Kier alpha value is -1.83. The number of amides is 1. The molecule has 2 rings (SSSR count). The minimum atomic E-state index is -4.40. The van der Waals surface area contributed by atoms with E-state index in [1.807, 2.05) is 20.8 Å². The van der Waals surface area contributed by atoms with Gasteiger partial charge in [-0.25, -0.2) is 4.39 Å². The number of rotatable bonds is 3. The highest BCUT2D eigenvalue weighted by atomic mass is 19.4. The van der Waals surface area contributed by atoms with Gasteiger partial charge in [0.05, 0.1) is 12.3 Å². The van der Waals surface area contributed by atoms with Crippen molar-refractivity contribution >= 4 is 17.3 Å². The van der Waals surface area contributed by atoms with Gasteiger partial charge in [0.25, 0.3) is 0 Å². The van der Waals surface area contributed by atoms with Crippen LogP contribution in [0.1, 0.15) is 39.2 Å². The summed E-state index contributed by atoms with van der Waals surface area (Å²) in [5, 5.41) is 2.60. The van der Waals surface area contributed by atoms with Crippen LogP contribution in [0.5, 0.6) is 0 Å². The summed E-state index contributed by atoms with van der Waals surface area (Å²) in [7, 11) is 0. The van der Waals surface area contributed by atoms with Gasteiger partial charge in [0.15, 0.2) is 6.10 Å². The summed E-state index contributed by atoms with van der Waals surface area (Å²) in [6.07, 6.45) is -6.17. The number of aryl methyl sites for hydroxylation is 1. The molecule has 0 spiro atoms. The van der Waals surface area contributed by atoms with Crippen LogP contribution in [0.25, 0.3) is 0 Å². The Morgan fingerprint density at radius 3 is 2.48 bits per heavy atom. The summed E-state index contributed by atoms with van der Waals surface area (Å²) in [6.45, 7) is 7.65. The maximum absolute atomic E-state index is 14.6. The molecule has 1 aromatic rings. The third-order valence-corrected chi connectivity index (χ3v) is 4.30. The Bertz CT molecular complexity index is 660. The van der Waals surface area contributed by atoms with Crippen molar-refractivity contribution < 1.29 is 27.1 Å². The molecule has 152 valence electrons. The lowest BCUT2D eigenvalue weighted by Crippen LogP contribution is -2.32. The fraction of sp³-hybridized carbons (Fsp3) is 0.632. The molecule has 1 aromatic carbocycles. The smallest absolute Gasteiger partial charge is 0.369 e. The summed E-state index contributed by atoms with van der Waals surface area (Å²) in [6, 6.07) is 2.91. The first-order chi connectivity index (χ1) is 12.4. The molecule has 0 saturated carbocycles. The second-order valence-electron chi connectivity index (χ2n) is 8.08. The van der Waals surface area contributed by atoms with Crippen molar-refractivity contribution in [2.24, 2.45) is 5.41 Å². The van der Waals surface area contributed by atoms with E-state index in [9.17, 15) is 22.4 Å². The highest BCUT2D eigenvalue weighted by Gasteiger charge is 2.41. The number of hydrogen-bond donors (Lipinski definition) is 1. The minimum absolute atomic E-state index is 0.0884. The number of nitrogens with one attached hydrogen (secondary N) is 1. The number of halogens is 4. The van der Waals surface area contributed by atoms with E-state index in [2.05, 4.69) is 5.32 Å². The number of nitrogens with zero attached hydrogens (tertiary/aromatic N) is 1. The molecule has 0 radical (unpaired) electrons. The van der Waals surface area contributed by atoms with Crippen molar-refractivity contribution in [2.45, 2.75) is 52.8 Å². The average molecular weight is 390 g/mol. The van der Waals surface area contributed by atoms with E-state index in [1.54, 1.807) is 17.9 Å². The van der Waals surface area contributed by atoms with Gasteiger partial charge in [-0.3, -0.25) is 4.79 Å². The van der Waals surface area contributed by atoms with Crippen LogP contribution >= 0.6 is 0 Å². The highest BCUT2D eigenvalue weighted by molar-refractivity contribution is 5.92. The quantitative estimate of drug-likeness (QED) is 0.763. The molecule has 4 nitrogen and oxygen atoms in total. The summed E-state index contributed by atoms with van der Waals surface area (Å²) in [5.74, 6) is -0.891. The van der Waals surface area contributed by atoms with Gasteiger partial charge >= 0.3 is 6.18 Å². The number of carbonyl (C=O) groups excluding carboxylic acids is 1. The molecule has 27 heavy (non-hydrogen) atoms. The summed E-state index contributed by atoms with van der Waals surface area (Å²) in [5.41, 5.74) is 0.873. The second kappa shape index (κ2) is 8.04. The van der Waals surface area contributed by atoms with E-state index < -0.39 is 18.1 Å². The lowest BCUT2D eigenvalue weighted by Gasteiger charge is -2.24. The molecular formula is C19H26F4N2O2. The fourth-order valence-corrected chi connectivity index (χ4v) is 3.02. The summed E-state index contributed by atoms with van der Waals surface area (Å²) >= 11 is 0. The van der Waals surface area contributed by atoms with E-state index in [4.69, 9.17) is 4.74 Å². The predicted octanol–water partition coefficient (Wildman–Crippen LogP) is 4.67. The highest BCUT2D eigenvalue weighted by Crippen LogP contribution is 2.31. The van der Waals surface area contributed by atoms with Crippen LogP contribution in [0.15, 0.2) is 12.1 Å². The third kappa shape index (κ3) is 6.09. The largest absolute Gasteiger partial charge is 0.414 e. The number of ether oxygens (including phenoxy) is 1. The van der Waals surface area contributed by atoms with Gasteiger partial charge in [0.1, 0.15) is 5.82 Å². The maximum atomic E-state index is 14.6. The van der Waals surface area contributed by atoms with Crippen LogP contribution < -0.4 is 10.2 Å². The van der Waals surface area contributed by atoms with Crippen molar-refractivity contribution in [1.82, 2.24) is 0 Å². The molecule has 1 N–H and O–H groups in total. The van der Waals surface area contributed by atoms with Crippen molar-refractivity contribution in [3.05, 3.63) is 23.5 Å². The van der Waals surface area contributed by atoms with Gasteiger partial charge < -0.3 is 15.0 Å². The second-order valence-corrected chi connectivity index (χ2v) is 8.08. The van der Waals surface area contributed by atoms with Gasteiger partial charge in [-0.15, -0.1) is 0 Å². The topological polar surface area (TPSA) is 41.6 Å². The SMILES string of the molecule is Cc1cc(N2CCO[C@@H](C(F)(F)F)CC2)cc(F)c1NC(=O)CC(C)(C)C. The zero-order chi connectivity index (χ0) is 20.4. The first-order valence-electron chi connectivity index (χ1n) is 8.90. The summed E-state index contributed by atoms with van der Waals surface area (Å²) in [4.78, 5) is 13.8. The molecule has 1 heterocycles. The number of alkyl halides is 3. The zero-order valence-electron chi connectivity index (χ0n) is 16.0.